The second-order valence-electron chi connectivity index (χ2n) is 4.70. The first kappa shape index (κ1) is 14.3. The molecule has 0 saturated heterocycles. The third kappa shape index (κ3) is 3.27. The molecule has 0 spiro atoms. The van der Waals surface area contributed by atoms with E-state index in [1.54, 1.807) is 6.07 Å². The number of nitrogens with one attached hydrogen (secondary N) is 1. The Balaban J connectivity index is 2.27. The minimum Gasteiger partial charge on any atom is -0.373 e. The summed E-state index contributed by atoms with van der Waals surface area (Å²) in [5, 5.41) is 14.6. The Bertz CT molecular complexity index is 626. The van der Waals surface area contributed by atoms with E-state index in [1.165, 1.54) is 17.7 Å². The number of aryl methyl sites for hydroxylation is 1. The van der Waals surface area contributed by atoms with Crippen LogP contribution in [0.3, 0.4) is 0 Å². The molecule has 1 atom stereocenters. The first-order valence-electron chi connectivity index (χ1n) is 6.24. The first-order chi connectivity index (χ1) is 9.47. The lowest BCUT2D eigenvalue weighted by molar-refractivity contribution is -0.384. The van der Waals surface area contributed by atoms with Gasteiger partial charge in [-0.3, -0.25) is 10.1 Å². The Hall–Kier alpha value is -2.07. The zero-order chi connectivity index (χ0) is 14.7. The van der Waals surface area contributed by atoms with Crippen molar-refractivity contribution in [1.82, 2.24) is 0 Å². The zero-order valence-corrected chi connectivity index (χ0v) is 12.0. The predicted octanol–water partition coefficient (Wildman–Crippen LogP) is 4.73. The molecule has 0 aliphatic heterocycles. The SMILES string of the molecule is Cc1ccc(C(C)Nc2cc(Cl)ccc2[N+](=O)[O-])cc1. The summed E-state index contributed by atoms with van der Waals surface area (Å²) in [5.74, 6) is 0. The number of benzene rings is 2. The summed E-state index contributed by atoms with van der Waals surface area (Å²) >= 11 is 5.91. The van der Waals surface area contributed by atoms with Crippen molar-refractivity contribution in [2.75, 3.05) is 5.32 Å². The first-order valence-corrected chi connectivity index (χ1v) is 6.62. The van der Waals surface area contributed by atoms with E-state index in [2.05, 4.69) is 5.32 Å². The van der Waals surface area contributed by atoms with Crippen molar-refractivity contribution < 1.29 is 4.92 Å². The van der Waals surface area contributed by atoms with Gasteiger partial charge in [0.2, 0.25) is 0 Å². The van der Waals surface area contributed by atoms with Gasteiger partial charge < -0.3 is 5.32 Å². The summed E-state index contributed by atoms with van der Waals surface area (Å²) < 4.78 is 0. The summed E-state index contributed by atoms with van der Waals surface area (Å²) in [5.41, 5.74) is 2.68. The van der Waals surface area contributed by atoms with Crippen molar-refractivity contribution in [2.24, 2.45) is 0 Å². The summed E-state index contributed by atoms with van der Waals surface area (Å²) in [7, 11) is 0. The maximum Gasteiger partial charge on any atom is 0.292 e. The predicted molar refractivity (Wildman–Crippen MR) is 81.3 cm³/mol. The number of halogens is 1. The van der Waals surface area contributed by atoms with Gasteiger partial charge in [0.1, 0.15) is 5.69 Å². The molecule has 104 valence electrons. The van der Waals surface area contributed by atoms with Crippen molar-refractivity contribution in [3.8, 4) is 0 Å². The van der Waals surface area contributed by atoms with Crippen LogP contribution in [-0.4, -0.2) is 4.92 Å². The van der Waals surface area contributed by atoms with E-state index < -0.39 is 4.92 Å². The summed E-state index contributed by atoms with van der Waals surface area (Å²) in [6.07, 6.45) is 0. The van der Waals surface area contributed by atoms with Crippen molar-refractivity contribution in [2.45, 2.75) is 19.9 Å². The van der Waals surface area contributed by atoms with E-state index >= 15 is 0 Å². The summed E-state index contributed by atoms with van der Waals surface area (Å²) in [6.45, 7) is 3.97. The molecule has 1 N–H and O–H groups in total. The van der Waals surface area contributed by atoms with E-state index in [9.17, 15) is 10.1 Å². The van der Waals surface area contributed by atoms with Crippen LogP contribution in [0.2, 0.25) is 5.02 Å². The molecule has 2 rings (SSSR count). The van der Waals surface area contributed by atoms with Crippen LogP contribution < -0.4 is 5.32 Å². The van der Waals surface area contributed by atoms with Crippen LogP contribution in [0, 0.1) is 17.0 Å². The van der Waals surface area contributed by atoms with E-state index in [4.69, 9.17) is 11.6 Å². The second kappa shape index (κ2) is 5.92. The smallest absolute Gasteiger partial charge is 0.292 e. The second-order valence-corrected chi connectivity index (χ2v) is 5.13. The zero-order valence-electron chi connectivity index (χ0n) is 11.3. The van der Waals surface area contributed by atoms with Crippen LogP contribution in [0.1, 0.15) is 24.1 Å². The minimum absolute atomic E-state index is 0.0216. The van der Waals surface area contributed by atoms with Gasteiger partial charge >= 0.3 is 0 Å². The highest BCUT2D eigenvalue weighted by Gasteiger charge is 2.16. The molecule has 4 nitrogen and oxygen atoms in total. The maximum absolute atomic E-state index is 11.0. The van der Waals surface area contributed by atoms with Gasteiger partial charge in [-0.2, -0.15) is 0 Å². The van der Waals surface area contributed by atoms with Gasteiger partial charge in [0.15, 0.2) is 0 Å². The largest absolute Gasteiger partial charge is 0.373 e. The quantitative estimate of drug-likeness (QED) is 0.654. The molecule has 0 saturated carbocycles. The molecule has 2 aromatic rings. The molecule has 5 heteroatoms. The van der Waals surface area contributed by atoms with E-state index in [1.807, 2.05) is 38.1 Å². The Labute approximate surface area is 122 Å². The maximum atomic E-state index is 11.0. The number of nitro groups is 1. The van der Waals surface area contributed by atoms with Crippen LogP contribution in [0.5, 0.6) is 0 Å². The molecule has 0 aliphatic rings. The third-order valence-electron chi connectivity index (χ3n) is 3.10. The van der Waals surface area contributed by atoms with Gasteiger partial charge in [0.25, 0.3) is 5.69 Å². The average molecular weight is 291 g/mol. The molecule has 0 aromatic heterocycles. The standard InChI is InChI=1S/C15H15ClN2O2/c1-10-3-5-12(6-4-10)11(2)17-14-9-13(16)7-8-15(14)18(19)20/h3-9,11,17H,1-2H3. The number of hydrogen-bond acceptors (Lipinski definition) is 3. The Kier molecular flexibility index (Phi) is 4.25. The van der Waals surface area contributed by atoms with Crippen molar-refractivity contribution >= 4 is 23.0 Å². The third-order valence-corrected chi connectivity index (χ3v) is 3.34. The summed E-state index contributed by atoms with van der Waals surface area (Å²) in [6, 6.07) is 12.5. The lowest BCUT2D eigenvalue weighted by Crippen LogP contribution is -2.08. The molecule has 0 radical (unpaired) electrons. The Morgan fingerprint density at radius 1 is 1.20 bits per heavy atom. The molecular weight excluding hydrogens is 276 g/mol. The molecule has 0 bridgehead atoms. The fourth-order valence-corrected chi connectivity index (χ4v) is 2.13. The van der Waals surface area contributed by atoms with Gasteiger partial charge in [-0.25, -0.2) is 0 Å². The number of nitro benzene ring substituents is 1. The minimum atomic E-state index is -0.416. The van der Waals surface area contributed by atoms with Gasteiger partial charge in [-0.05, 0) is 31.5 Å². The van der Waals surface area contributed by atoms with E-state index in [-0.39, 0.29) is 11.7 Å². The van der Waals surface area contributed by atoms with Crippen LogP contribution in [0.4, 0.5) is 11.4 Å². The number of rotatable bonds is 4. The Morgan fingerprint density at radius 3 is 2.45 bits per heavy atom. The van der Waals surface area contributed by atoms with E-state index in [0.717, 1.165) is 5.56 Å². The molecule has 0 fully saturated rings. The fourth-order valence-electron chi connectivity index (χ4n) is 1.95. The molecule has 1 unspecified atom stereocenters. The molecule has 2 aromatic carbocycles. The van der Waals surface area contributed by atoms with Gasteiger partial charge in [0.05, 0.1) is 4.92 Å². The normalized spacial score (nSPS) is 11.9. The number of anilines is 1. The van der Waals surface area contributed by atoms with Crippen LogP contribution in [0.15, 0.2) is 42.5 Å². The summed E-state index contributed by atoms with van der Waals surface area (Å²) in [4.78, 5) is 10.6. The van der Waals surface area contributed by atoms with Crippen LogP contribution in [0.25, 0.3) is 0 Å². The van der Waals surface area contributed by atoms with Crippen LogP contribution in [-0.2, 0) is 0 Å². The Morgan fingerprint density at radius 2 is 1.85 bits per heavy atom. The lowest BCUT2D eigenvalue weighted by Gasteiger charge is -2.16. The van der Waals surface area contributed by atoms with Crippen molar-refractivity contribution in [3.63, 3.8) is 0 Å². The number of hydrogen-bond donors (Lipinski definition) is 1. The highest BCUT2D eigenvalue weighted by molar-refractivity contribution is 6.31. The molecule has 0 heterocycles. The highest BCUT2D eigenvalue weighted by atomic mass is 35.5. The van der Waals surface area contributed by atoms with Gasteiger partial charge in [0, 0.05) is 17.1 Å². The van der Waals surface area contributed by atoms with E-state index in [0.29, 0.717) is 10.7 Å². The average Bonchev–Trinajstić information content (AvgIpc) is 2.39. The number of nitrogens with zero attached hydrogens (tertiary/aromatic N) is 1. The highest BCUT2D eigenvalue weighted by Crippen LogP contribution is 2.30. The monoisotopic (exact) mass is 290 g/mol. The van der Waals surface area contributed by atoms with Crippen LogP contribution >= 0.6 is 11.6 Å². The topological polar surface area (TPSA) is 55.2 Å². The van der Waals surface area contributed by atoms with Crippen molar-refractivity contribution in [3.05, 3.63) is 68.7 Å². The molecule has 20 heavy (non-hydrogen) atoms. The lowest BCUT2D eigenvalue weighted by atomic mass is 10.1. The molecule has 0 aliphatic carbocycles. The fraction of sp³-hybridized carbons (Fsp3) is 0.200. The van der Waals surface area contributed by atoms with Gasteiger partial charge in [-0.1, -0.05) is 41.4 Å². The van der Waals surface area contributed by atoms with Crippen molar-refractivity contribution in [1.29, 1.82) is 0 Å². The molecule has 0 amide bonds. The van der Waals surface area contributed by atoms with Gasteiger partial charge in [-0.15, -0.1) is 0 Å². The molecular formula is C15H15ClN2O2.